The maximum atomic E-state index is 12.8. The topological polar surface area (TPSA) is 48.5 Å². The van der Waals surface area contributed by atoms with Crippen molar-refractivity contribution in [2.45, 2.75) is 33.7 Å². The predicted octanol–water partition coefficient (Wildman–Crippen LogP) is 3.16. The molecule has 1 aliphatic heterocycles. The third kappa shape index (κ3) is 4.05. The van der Waals surface area contributed by atoms with Crippen molar-refractivity contribution in [1.82, 2.24) is 9.88 Å². The molecular formula is C21H28N4O. The number of carbonyl (C=O) groups is 1. The second-order valence-electron chi connectivity index (χ2n) is 7.13. The van der Waals surface area contributed by atoms with Gasteiger partial charge in [-0.25, -0.2) is 4.98 Å². The average molecular weight is 352 g/mol. The molecule has 1 amide bonds. The van der Waals surface area contributed by atoms with Crippen molar-refractivity contribution >= 4 is 17.4 Å². The van der Waals surface area contributed by atoms with Crippen molar-refractivity contribution < 1.29 is 4.79 Å². The summed E-state index contributed by atoms with van der Waals surface area (Å²) in [6.07, 6.45) is 1.82. The Morgan fingerprint density at radius 2 is 1.85 bits per heavy atom. The molecule has 0 radical (unpaired) electrons. The van der Waals surface area contributed by atoms with Crippen LogP contribution >= 0.6 is 0 Å². The highest BCUT2D eigenvalue weighted by Crippen LogP contribution is 2.22. The Labute approximate surface area is 156 Å². The summed E-state index contributed by atoms with van der Waals surface area (Å²) in [7, 11) is 0. The van der Waals surface area contributed by atoms with Crippen LogP contribution in [0.4, 0.5) is 11.5 Å². The summed E-state index contributed by atoms with van der Waals surface area (Å²) in [5.74, 6) is 1.07. The third-order valence-electron chi connectivity index (χ3n) is 5.28. The largest absolute Gasteiger partial charge is 0.354 e. The van der Waals surface area contributed by atoms with Gasteiger partial charge >= 0.3 is 0 Å². The molecule has 1 atom stereocenters. The van der Waals surface area contributed by atoms with Crippen molar-refractivity contribution in [2.75, 3.05) is 36.4 Å². The van der Waals surface area contributed by atoms with Crippen LogP contribution in [0.25, 0.3) is 0 Å². The number of amides is 1. The minimum Gasteiger partial charge on any atom is -0.354 e. The first kappa shape index (κ1) is 18.4. The number of aromatic nitrogens is 1. The van der Waals surface area contributed by atoms with Gasteiger partial charge in [-0.1, -0.05) is 12.1 Å². The van der Waals surface area contributed by atoms with Crippen LogP contribution in [0.3, 0.4) is 0 Å². The van der Waals surface area contributed by atoms with Gasteiger partial charge in [-0.15, -0.1) is 0 Å². The van der Waals surface area contributed by atoms with Gasteiger partial charge in [-0.05, 0) is 62.6 Å². The van der Waals surface area contributed by atoms with E-state index in [9.17, 15) is 4.79 Å². The second-order valence-corrected chi connectivity index (χ2v) is 7.13. The minimum absolute atomic E-state index is 0.0596. The van der Waals surface area contributed by atoms with Gasteiger partial charge in [0.15, 0.2) is 0 Å². The summed E-state index contributed by atoms with van der Waals surface area (Å²) in [6.45, 7) is 11.7. The molecule has 5 nitrogen and oxygen atoms in total. The Morgan fingerprint density at radius 3 is 2.50 bits per heavy atom. The van der Waals surface area contributed by atoms with Crippen molar-refractivity contribution in [3.63, 3.8) is 0 Å². The molecule has 26 heavy (non-hydrogen) atoms. The molecule has 1 N–H and O–H groups in total. The molecule has 1 fully saturated rings. The fourth-order valence-corrected chi connectivity index (χ4v) is 3.45. The molecule has 0 spiro atoms. The predicted molar refractivity (Wildman–Crippen MR) is 107 cm³/mol. The van der Waals surface area contributed by atoms with Crippen LogP contribution in [0.1, 0.15) is 23.6 Å². The van der Waals surface area contributed by atoms with E-state index >= 15 is 0 Å². The molecule has 3 rings (SSSR count). The number of hydrogen-bond acceptors (Lipinski definition) is 4. The van der Waals surface area contributed by atoms with Gasteiger partial charge in [-0.3, -0.25) is 9.69 Å². The van der Waals surface area contributed by atoms with Crippen LogP contribution in [0.15, 0.2) is 36.5 Å². The van der Waals surface area contributed by atoms with Gasteiger partial charge in [-0.2, -0.15) is 0 Å². The summed E-state index contributed by atoms with van der Waals surface area (Å²) in [5, 5.41) is 3.13. The number of anilines is 2. The quantitative estimate of drug-likeness (QED) is 0.918. The van der Waals surface area contributed by atoms with Gasteiger partial charge in [0.25, 0.3) is 0 Å². The SMILES string of the molecule is Cc1cc(C)c(C)c(NC(=O)C(C)N2CCN(c3ccccn3)CC2)c1. The number of hydrogen-bond donors (Lipinski definition) is 1. The molecule has 1 aromatic heterocycles. The summed E-state index contributed by atoms with van der Waals surface area (Å²) >= 11 is 0. The lowest BCUT2D eigenvalue weighted by molar-refractivity contribution is -0.120. The van der Waals surface area contributed by atoms with Crippen LogP contribution in [-0.4, -0.2) is 48.0 Å². The molecule has 0 bridgehead atoms. The van der Waals surface area contributed by atoms with E-state index in [0.717, 1.165) is 43.2 Å². The molecule has 0 aliphatic carbocycles. The molecule has 5 heteroatoms. The molecule has 2 aromatic rings. The fourth-order valence-electron chi connectivity index (χ4n) is 3.45. The van der Waals surface area contributed by atoms with Gasteiger partial charge < -0.3 is 10.2 Å². The zero-order chi connectivity index (χ0) is 18.7. The number of benzene rings is 1. The average Bonchev–Trinajstić information content (AvgIpc) is 2.66. The second kappa shape index (κ2) is 7.87. The smallest absolute Gasteiger partial charge is 0.241 e. The van der Waals surface area contributed by atoms with Crippen molar-refractivity contribution in [3.8, 4) is 0 Å². The zero-order valence-electron chi connectivity index (χ0n) is 16.1. The van der Waals surface area contributed by atoms with Gasteiger partial charge in [0.05, 0.1) is 6.04 Å². The Balaban J connectivity index is 1.60. The first-order chi connectivity index (χ1) is 12.5. The Bertz CT molecular complexity index is 767. The number of pyridine rings is 1. The van der Waals surface area contributed by atoms with Crippen molar-refractivity contribution in [2.24, 2.45) is 0 Å². The number of aryl methyl sites for hydroxylation is 2. The lowest BCUT2D eigenvalue weighted by Gasteiger charge is -2.38. The summed E-state index contributed by atoms with van der Waals surface area (Å²) in [4.78, 5) is 21.7. The van der Waals surface area contributed by atoms with Crippen LogP contribution in [-0.2, 0) is 4.79 Å². The molecule has 2 heterocycles. The van der Waals surface area contributed by atoms with Crippen LogP contribution in [0, 0.1) is 20.8 Å². The fraction of sp³-hybridized carbons (Fsp3) is 0.429. The Morgan fingerprint density at radius 1 is 1.12 bits per heavy atom. The standard InChI is InChI=1S/C21H28N4O/c1-15-13-16(2)17(3)19(14-15)23-21(26)18(4)24-9-11-25(12-10-24)20-7-5-6-8-22-20/h5-8,13-14,18H,9-12H2,1-4H3,(H,23,26). The van der Waals surface area contributed by atoms with Crippen LogP contribution < -0.4 is 10.2 Å². The van der Waals surface area contributed by atoms with Crippen LogP contribution in [0.2, 0.25) is 0 Å². The molecular weight excluding hydrogens is 324 g/mol. The zero-order valence-corrected chi connectivity index (χ0v) is 16.1. The van der Waals surface area contributed by atoms with Crippen LogP contribution in [0.5, 0.6) is 0 Å². The first-order valence-electron chi connectivity index (χ1n) is 9.24. The van der Waals surface area contributed by atoms with Crippen molar-refractivity contribution in [1.29, 1.82) is 0 Å². The highest BCUT2D eigenvalue weighted by molar-refractivity contribution is 5.95. The summed E-state index contributed by atoms with van der Waals surface area (Å²) in [5.41, 5.74) is 4.43. The van der Waals surface area contributed by atoms with E-state index in [4.69, 9.17) is 0 Å². The van der Waals surface area contributed by atoms with E-state index in [1.165, 1.54) is 11.1 Å². The minimum atomic E-state index is -0.152. The Hall–Kier alpha value is -2.40. The number of nitrogens with zero attached hydrogens (tertiary/aromatic N) is 3. The molecule has 1 unspecified atom stereocenters. The van der Waals surface area contributed by atoms with Gasteiger partial charge in [0, 0.05) is 38.1 Å². The first-order valence-corrected chi connectivity index (χ1v) is 9.24. The molecule has 1 saturated heterocycles. The summed E-state index contributed by atoms with van der Waals surface area (Å²) < 4.78 is 0. The van der Waals surface area contributed by atoms with E-state index in [2.05, 4.69) is 46.9 Å². The lowest BCUT2D eigenvalue weighted by Crippen LogP contribution is -2.53. The van der Waals surface area contributed by atoms with E-state index < -0.39 is 0 Å². The molecule has 1 aromatic carbocycles. The maximum Gasteiger partial charge on any atom is 0.241 e. The number of piperazine rings is 1. The Kier molecular flexibility index (Phi) is 5.57. The van der Waals surface area contributed by atoms with E-state index in [1.54, 1.807) is 0 Å². The highest BCUT2D eigenvalue weighted by atomic mass is 16.2. The van der Waals surface area contributed by atoms with E-state index in [0.29, 0.717) is 0 Å². The monoisotopic (exact) mass is 352 g/mol. The number of rotatable bonds is 4. The van der Waals surface area contributed by atoms with Crippen molar-refractivity contribution in [3.05, 3.63) is 53.2 Å². The third-order valence-corrected chi connectivity index (χ3v) is 5.28. The van der Waals surface area contributed by atoms with E-state index in [1.807, 2.05) is 37.4 Å². The number of nitrogens with one attached hydrogen (secondary N) is 1. The normalized spacial score (nSPS) is 16.4. The number of carbonyl (C=O) groups excluding carboxylic acids is 1. The molecule has 0 saturated carbocycles. The molecule has 138 valence electrons. The maximum absolute atomic E-state index is 12.8. The van der Waals surface area contributed by atoms with Gasteiger partial charge in [0.2, 0.25) is 5.91 Å². The lowest BCUT2D eigenvalue weighted by atomic mass is 10.0. The molecule has 1 aliphatic rings. The summed E-state index contributed by atoms with van der Waals surface area (Å²) in [6, 6.07) is 10.0. The highest BCUT2D eigenvalue weighted by Gasteiger charge is 2.26. The van der Waals surface area contributed by atoms with E-state index in [-0.39, 0.29) is 11.9 Å². The van der Waals surface area contributed by atoms with Gasteiger partial charge in [0.1, 0.15) is 5.82 Å².